The molecule has 0 aliphatic carbocycles. The lowest BCUT2D eigenvalue weighted by Gasteiger charge is -2.10. The zero-order chi connectivity index (χ0) is 13.1. The van der Waals surface area contributed by atoms with E-state index in [1.165, 1.54) is 25.3 Å². The van der Waals surface area contributed by atoms with Gasteiger partial charge in [0.2, 0.25) is 10.0 Å². The molecule has 1 aromatic carbocycles. The lowest BCUT2D eigenvalue weighted by molar-refractivity contribution is 0.414. The minimum Gasteiger partial charge on any atom is -0.495 e. The van der Waals surface area contributed by atoms with E-state index in [0.717, 1.165) is 0 Å². The number of benzene rings is 1. The number of methoxy groups -OCH3 is 1. The predicted octanol–water partition coefficient (Wildman–Crippen LogP) is 1.65. The molecule has 0 saturated carbocycles. The Bertz CT molecular complexity index is 548. The van der Waals surface area contributed by atoms with Crippen molar-refractivity contribution in [3.63, 3.8) is 0 Å². The number of hydrogen-bond acceptors (Lipinski definition) is 3. The van der Waals surface area contributed by atoms with Crippen molar-refractivity contribution < 1.29 is 13.2 Å². The highest BCUT2D eigenvalue weighted by atomic mass is 35.5. The molecule has 1 aromatic rings. The summed E-state index contributed by atoms with van der Waals surface area (Å²) in [6, 6.07) is 3.61. The van der Waals surface area contributed by atoms with Crippen LogP contribution in [0.3, 0.4) is 0 Å². The molecule has 0 saturated heterocycles. The lowest BCUT2D eigenvalue weighted by Crippen LogP contribution is -2.31. The average Bonchev–Trinajstić information content (AvgIpc) is 2.28. The van der Waals surface area contributed by atoms with Crippen molar-refractivity contribution in [1.82, 2.24) is 4.72 Å². The predicted molar refractivity (Wildman–Crippen MR) is 66.6 cm³/mol. The molecule has 0 spiro atoms. The van der Waals surface area contributed by atoms with Gasteiger partial charge in [-0.1, -0.05) is 17.5 Å². The maximum atomic E-state index is 11.8. The summed E-state index contributed by atoms with van der Waals surface area (Å²) in [6.07, 6.45) is 5.11. The quantitative estimate of drug-likeness (QED) is 0.849. The summed E-state index contributed by atoms with van der Waals surface area (Å²) in [5.41, 5.74) is 0. The number of ether oxygens (including phenoxy) is 1. The van der Waals surface area contributed by atoms with Gasteiger partial charge >= 0.3 is 0 Å². The van der Waals surface area contributed by atoms with Gasteiger partial charge in [0, 0.05) is 0 Å². The third kappa shape index (κ3) is 3.37. The lowest BCUT2D eigenvalue weighted by atomic mass is 10.3. The van der Waals surface area contributed by atoms with Crippen molar-refractivity contribution in [2.45, 2.75) is 17.9 Å². The standard InChI is InChI=1S/C11H12ClNO3S/c1-4-8(2)13-17(14,15)9-5-6-11(16-3)10(12)7-9/h1,5-8,13H,2-3H3/t8-/m0/s1. The Hall–Kier alpha value is -1.22. The van der Waals surface area contributed by atoms with Gasteiger partial charge in [-0.15, -0.1) is 6.42 Å². The fraction of sp³-hybridized carbons (Fsp3) is 0.273. The van der Waals surface area contributed by atoms with E-state index in [-0.39, 0.29) is 9.92 Å². The summed E-state index contributed by atoms with van der Waals surface area (Å²) in [5.74, 6) is 2.69. The van der Waals surface area contributed by atoms with Gasteiger partial charge in [0.25, 0.3) is 0 Å². The van der Waals surface area contributed by atoms with Gasteiger partial charge in [0.05, 0.1) is 23.1 Å². The van der Waals surface area contributed by atoms with Gasteiger partial charge < -0.3 is 4.74 Å². The largest absolute Gasteiger partial charge is 0.495 e. The summed E-state index contributed by atoms with van der Waals surface area (Å²) >= 11 is 5.85. The van der Waals surface area contributed by atoms with Crippen LogP contribution in [-0.2, 0) is 10.0 Å². The molecule has 0 aliphatic rings. The van der Waals surface area contributed by atoms with Crippen molar-refractivity contribution in [3.8, 4) is 18.1 Å². The smallest absolute Gasteiger partial charge is 0.241 e. The third-order valence-electron chi connectivity index (χ3n) is 2.02. The summed E-state index contributed by atoms with van der Waals surface area (Å²) < 4.78 is 31.0. The Labute approximate surface area is 106 Å². The van der Waals surface area contributed by atoms with Crippen LogP contribution >= 0.6 is 11.6 Å². The van der Waals surface area contributed by atoms with Crippen molar-refractivity contribution >= 4 is 21.6 Å². The van der Waals surface area contributed by atoms with E-state index >= 15 is 0 Å². The Morgan fingerprint density at radius 3 is 2.65 bits per heavy atom. The third-order valence-corrected chi connectivity index (χ3v) is 3.85. The number of hydrogen-bond donors (Lipinski definition) is 1. The van der Waals surface area contributed by atoms with Crippen molar-refractivity contribution in [2.75, 3.05) is 7.11 Å². The summed E-state index contributed by atoms with van der Waals surface area (Å²) in [7, 11) is -2.20. The van der Waals surface area contributed by atoms with Crippen LogP contribution in [0.1, 0.15) is 6.92 Å². The fourth-order valence-electron chi connectivity index (χ4n) is 1.15. The van der Waals surface area contributed by atoms with Gasteiger partial charge in [-0.2, -0.15) is 4.72 Å². The summed E-state index contributed by atoms with van der Waals surface area (Å²) in [4.78, 5) is 0.0467. The highest BCUT2D eigenvalue weighted by Gasteiger charge is 2.17. The van der Waals surface area contributed by atoms with E-state index < -0.39 is 16.1 Å². The van der Waals surface area contributed by atoms with E-state index in [4.69, 9.17) is 22.8 Å². The van der Waals surface area contributed by atoms with Gasteiger partial charge in [0.1, 0.15) is 5.75 Å². The maximum Gasteiger partial charge on any atom is 0.241 e. The Morgan fingerprint density at radius 2 is 2.18 bits per heavy atom. The maximum absolute atomic E-state index is 11.8. The second kappa shape index (κ2) is 5.41. The van der Waals surface area contributed by atoms with Crippen LogP contribution in [0.2, 0.25) is 5.02 Å². The minimum atomic E-state index is -3.65. The van der Waals surface area contributed by atoms with Crippen molar-refractivity contribution in [1.29, 1.82) is 0 Å². The van der Waals surface area contributed by atoms with E-state index in [1.807, 2.05) is 0 Å². The molecule has 6 heteroatoms. The number of rotatable bonds is 4. The first-order chi connectivity index (χ1) is 7.90. The molecule has 0 bridgehead atoms. The highest BCUT2D eigenvalue weighted by Crippen LogP contribution is 2.26. The van der Waals surface area contributed by atoms with Gasteiger partial charge in [-0.25, -0.2) is 8.42 Å². The molecule has 1 N–H and O–H groups in total. The minimum absolute atomic E-state index is 0.0467. The van der Waals surface area contributed by atoms with Crippen LogP contribution in [0.25, 0.3) is 0 Å². The molecule has 1 atom stereocenters. The number of nitrogens with one attached hydrogen (secondary N) is 1. The van der Waals surface area contributed by atoms with Crippen LogP contribution in [0.15, 0.2) is 23.1 Å². The molecule has 0 unspecified atom stereocenters. The molecular formula is C11H12ClNO3S. The van der Waals surface area contributed by atoms with E-state index in [9.17, 15) is 8.42 Å². The van der Waals surface area contributed by atoms with Gasteiger partial charge in [-0.3, -0.25) is 0 Å². The molecule has 0 aromatic heterocycles. The molecule has 0 aliphatic heterocycles. The molecule has 0 fully saturated rings. The second-order valence-corrected chi connectivity index (χ2v) is 5.43. The zero-order valence-corrected chi connectivity index (χ0v) is 11.0. The van der Waals surface area contributed by atoms with Gasteiger partial charge in [0.15, 0.2) is 0 Å². The van der Waals surface area contributed by atoms with Crippen LogP contribution < -0.4 is 9.46 Å². The SMILES string of the molecule is C#C[C@H](C)NS(=O)(=O)c1ccc(OC)c(Cl)c1. The molecule has 0 radical (unpaired) electrons. The van der Waals surface area contributed by atoms with Crippen molar-refractivity contribution in [2.24, 2.45) is 0 Å². The van der Waals surface area contributed by atoms with E-state index in [0.29, 0.717) is 5.75 Å². The van der Waals surface area contributed by atoms with E-state index in [1.54, 1.807) is 6.92 Å². The molecule has 0 heterocycles. The Morgan fingerprint density at radius 1 is 1.53 bits per heavy atom. The first-order valence-electron chi connectivity index (χ1n) is 4.72. The number of sulfonamides is 1. The summed E-state index contributed by atoms with van der Waals surface area (Å²) in [6.45, 7) is 1.57. The van der Waals surface area contributed by atoms with Crippen LogP contribution in [0.4, 0.5) is 0 Å². The molecular weight excluding hydrogens is 262 g/mol. The second-order valence-electron chi connectivity index (χ2n) is 3.31. The molecule has 0 amide bonds. The molecule has 4 nitrogen and oxygen atoms in total. The average molecular weight is 274 g/mol. The Kier molecular flexibility index (Phi) is 4.40. The zero-order valence-electron chi connectivity index (χ0n) is 9.40. The molecule has 1 rings (SSSR count). The van der Waals surface area contributed by atoms with Crippen LogP contribution in [0.5, 0.6) is 5.75 Å². The monoisotopic (exact) mass is 273 g/mol. The highest BCUT2D eigenvalue weighted by molar-refractivity contribution is 7.89. The number of terminal acetylenes is 1. The normalized spacial score (nSPS) is 12.8. The van der Waals surface area contributed by atoms with E-state index in [2.05, 4.69) is 10.6 Å². The first-order valence-corrected chi connectivity index (χ1v) is 6.59. The molecule has 92 valence electrons. The fourth-order valence-corrected chi connectivity index (χ4v) is 2.66. The van der Waals surface area contributed by atoms with Crippen LogP contribution in [-0.4, -0.2) is 21.6 Å². The van der Waals surface area contributed by atoms with Gasteiger partial charge in [-0.05, 0) is 25.1 Å². The van der Waals surface area contributed by atoms with Crippen LogP contribution in [0, 0.1) is 12.3 Å². The summed E-state index contributed by atoms with van der Waals surface area (Å²) in [5, 5.41) is 0.226. The first kappa shape index (κ1) is 13.8. The molecule has 17 heavy (non-hydrogen) atoms. The number of halogens is 1. The topological polar surface area (TPSA) is 55.4 Å². The van der Waals surface area contributed by atoms with Crippen molar-refractivity contribution in [3.05, 3.63) is 23.2 Å². The Balaban J connectivity index is 3.09.